The van der Waals surface area contributed by atoms with Crippen LogP contribution in [0.2, 0.25) is 5.02 Å². The Morgan fingerprint density at radius 1 is 1.16 bits per heavy atom. The van der Waals surface area contributed by atoms with E-state index in [9.17, 15) is 9.59 Å². The minimum Gasteiger partial charge on any atom is -0.360 e. The number of H-pyrrole nitrogens is 2. The molecule has 1 aliphatic rings. The Morgan fingerprint density at radius 2 is 1.88 bits per heavy atom. The molecule has 3 aromatic rings. The quantitative estimate of drug-likeness (QED) is 0.671. The molecule has 128 valence electrons. The second-order valence-electron chi connectivity index (χ2n) is 6.65. The van der Waals surface area contributed by atoms with Crippen molar-refractivity contribution in [3.63, 3.8) is 0 Å². The molecule has 1 aromatic carbocycles. The summed E-state index contributed by atoms with van der Waals surface area (Å²) in [6, 6.07) is 7.58. The topological polar surface area (TPSA) is 77.8 Å². The van der Waals surface area contributed by atoms with Gasteiger partial charge in [-0.15, -0.1) is 0 Å². The monoisotopic (exact) mass is 355 g/mol. The number of aromatic nitrogens is 2. The molecule has 0 aliphatic heterocycles. The van der Waals surface area contributed by atoms with E-state index in [4.69, 9.17) is 11.6 Å². The van der Waals surface area contributed by atoms with Crippen LogP contribution in [0.15, 0.2) is 41.5 Å². The maximum Gasteiger partial charge on any atom is 0.258 e. The molecule has 2 heterocycles. The lowest BCUT2D eigenvalue weighted by Gasteiger charge is -2.43. The van der Waals surface area contributed by atoms with E-state index in [-0.39, 0.29) is 17.0 Å². The number of carbonyl (C=O) groups excluding carboxylic acids is 1. The summed E-state index contributed by atoms with van der Waals surface area (Å²) < 4.78 is 0. The average molecular weight is 356 g/mol. The van der Waals surface area contributed by atoms with Crippen molar-refractivity contribution in [2.24, 2.45) is 0 Å². The second-order valence-corrected chi connectivity index (χ2v) is 7.09. The molecule has 0 unspecified atom stereocenters. The summed E-state index contributed by atoms with van der Waals surface area (Å²) in [5.41, 5.74) is 2.36. The van der Waals surface area contributed by atoms with Crippen molar-refractivity contribution in [3.05, 3.63) is 68.7 Å². The fourth-order valence-corrected chi connectivity index (χ4v) is 3.66. The van der Waals surface area contributed by atoms with Crippen molar-refractivity contribution in [3.8, 4) is 0 Å². The standard InChI is InChI=1S/C19H18ClN3O2/c1-11-9-22-18(25)15-14(10-21-16(11)15)17(24)23-19(7-2-8-19)12-3-5-13(20)6-4-12/h3-6,9-10,21H,2,7-8H2,1H3,(H,22,25)(H,23,24). The average Bonchev–Trinajstić information content (AvgIpc) is 3.02. The third kappa shape index (κ3) is 2.55. The molecule has 0 saturated heterocycles. The minimum absolute atomic E-state index is 0.239. The van der Waals surface area contributed by atoms with Crippen LogP contribution >= 0.6 is 11.6 Å². The maximum absolute atomic E-state index is 12.9. The van der Waals surface area contributed by atoms with Crippen LogP contribution in [-0.2, 0) is 5.54 Å². The van der Waals surface area contributed by atoms with Crippen LogP contribution < -0.4 is 10.9 Å². The fraction of sp³-hybridized carbons (Fsp3) is 0.263. The van der Waals surface area contributed by atoms with Gasteiger partial charge in [0.25, 0.3) is 11.5 Å². The third-order valence-electron chi connectivity index (χ3n) is 5.12. The minimum atomic E-state index is -0.387. The zero-order valence-electron chi connectivity index (χ0n) is 13.8. The number of hydrogen-bond donors (Lipinski definition) is 3. The predicted octanol–water partition coefficient (Wildman–Crippen LogP) is 3.63. The lowest BCUT2D eigenvalue weighted by atomic mass is 9.71. The van der Waals surface area contributed by atoms with Crippen molar-refractivity contribution in [1.29, 1.82) is 0 Å². The Morgan fingerprint density at radius 3 is 2.52 bits per heavy atom. The number of hydrogen-bond acceptors (Lipinski definition) is 2. The molecular weight excluding hydrogens is 338 g/mol. The first-order valence-corrected chi connectivity index (χ1v) is 8.66. The zero-order valence-corrected chi connectivity index (χ0v) is 14.5. The normalized spacial score (nSPS) is 15.8. The van der Waals surface area contributed by atoms with Gasteiger partial charge in [0.05, 0.1) is 22.0 Å². The van der Waals surface area contributed by atoms with Gasteiger partial charge >= 0.3 is 0 Å². The first kappa shape index (κ1) is 16.0. The summed E-state index contributed by atoms with van der Waals surface area (Å²) in [5, 5.41) is 4.23. The van der Waals surface area contributed by atoms with E-state index in [1.165, 1.54) is 0 Å². The van der Waals surface area contributed by atoms with Crippen molar-refractivity contribution in [1.82, 2.24) is 15.3 Å². The molecule has 0 atom stereocenters. The molecule has 1 aliphatic carbocycles. The van der Waals surface area contributed by atoms with E-state index in [1.807, 2.05) is 31.2 Å². The molecule has 1 saturated carbocycles. The van der Waals surface area contributed by atoms with Gasteiger partial charge in [-0.3, -0.25) is 9.59 Å². The van der Waals surface area contributed by atoms with Crippen LogP contribution in [0.3, 0.4) is 0 Å². The number of nitrogens with one attached hydrogen (secondary N) is 3. The summed E-state index contributed by atoms with van der Waals surface area (Å²) in [4.78, 5) is 30.9. The Kier molecular flexibility index (Phi) is 3.69. The Labute approximate surface area is 149 Å². The van der Waals surface area contributed by atoms with Crippen LogP contribution in [0.5, 0.6) is 0 Å². The van der Waals surface area contributed by atoms with Gasteiger partial charge in [0.1, 0.15) is 0 Å². The van der Waals surface area contributed by atoms with Crippen molar-refractivity contribution in [2.75, 3.05) is 0 Å². The smallest absolute Gasteiger partial charge is 0.258 e. The van der Waals surface area contributed by atoms with E-state index in [0.29, 0.717) is 21.5 Å². The van der Waals surface area contributed by atoms with Gasteiger partial charge in [0.2, 0.25) is 0 Å². The Bertz CT molecular complexity index is 1010. The van der Waals surface area contributed by atoms with Crippen LogP contribution in [0.25, 0.3) is 10.9 Å². The second kappa shape index (κ2) is 5.77. The highest BCUT2D eigenvalue weighted by Gasteiger charge is 2.40. The lowest BCUT2D eigenvalue weighted by molar-refractivity contribution is 0.0825. The molecule has 3 N–H and O–H groups in total. The van der Waals surface area contributed by atoms with Gasteiger partial charge in [-0.2, -0.15) is 0 Å². The van der Waals surface area contributed by atoms with Gasteiger partial charge in [-0.05, 0) is 49.4 Å². The largest absolute Gasteiger partial charge is 0.360 e. The number of carbonyl (C=O) groups is 1. The molecule has 1 amide bonds. The van der Waals surface area contributed by atoms with E-state index in [2.05, 4.69) is 15.3 Å². The SMILES string of the molecule is Cc1c[nH]c(=O)c2c(C(=O)NC3(c4ccc(Cl)cc4)CCC3)c[nH]c12. The van der Waals surface area contributed by atoms with Gasteiger partial charge in [0.15, 0.2) is 0 Å². The highest BCUT2D eigenvalue weighted by atomic mass is 35.5. The highest BCUT2D eigenvalue weighted by Crippen LogP contribution is 2.41. The predicted molar refractivity (Wildman–Crippen MR) is 98.1 cm³/mol. The van der Waals surface area contributed by atoms with E-state index in [0.717, 1.165) is 30.4 Å². The number of aromatic amines is 2. The van der Waals surface area contributed by atoms with Crippen LogP contribution in [-0.4, -0.2) is 15.9 Å². The van der Waals surface area contributed by atoms with Gasteiger partial charge in [0, 0.05) is 17.4 Å². The molecule has 0 radical (unpaired) electrons. The van der Waals surface area contributed by atoms with Crippen LogP contribution in [0.1, 0.15) is 40.7 Å². The molecule has 2 aromatic heterocycles. The van der Waals surface area contributed by atoms with Crippen molar-refractivity contribution in [2.45, 2.75) is 31.7 Å². The summed E-state index contributed by atoms with van der Waals surface area (Å²) in [6.07, 6.45) is 6.05. The number of amides is 1. The Hall–Kier alpha value is -2.53. The van der Waals surface area contributed by atoms with Crippen molar-refractivity contribution >= 4 is 28.4 Å². The maximum atomic E-state index is 12.9. The summed E-state index contributed by atoms with van der Waals surface area (Å²) in [7, 11) is 0. The molecule has 1 fully saturated rings. The van der Waals surface area contributed by atoms with Gasteiger partial charge in [-0.1, -0.05) is 23.7 Å². The lowest BCUT2D eigenvalue weighted by Crippen LogP contribution is -2.50. The molecule has 0 bridgehead atoms. The summed E-state index contributed by atoms with van der Waals surface area (Å²) in [5.74, 6) is -0.239. The Balaban J connectivity index is 1.71. The van der Waals surface area contributed by atoms with E-state index in [1.54, 1.807) is 12.4 Å². The van der Waals surface area contributed by atoms with Gasteiger partial charge in [-0.25, -0.2) is 0 Å². The molecule has 4 rings (SSSR count). The van der Waals surface area contributed by atoms with Crippen LogP contribution in [0, 0.1) is 6.92 Å². The molecule has 5 nitrogen and oxygen atoms in total. The number of benzene rings is 1. The summed E-state index contributed by atoms with van der Waals surface area (Å²) in [6.45, 7) is 1.89. The van der Waals surface area contributed by atoms with Crippen molar-refractivity contribution < 1.29 is 4.79 Å². The fourth-order valence-electron chi connectivity index (χ4n) is 3.54. The number of rotatable bonds is 3. The number of aryl methyl sites for hydroxylation is 1. The van der Waals surface area contributed by atoms with Crippen LogP contribution in [0.4, 0.5) is 0 Å². The zero-order chi connectivity index (χ0) is 17.6. The number of pyridine rings is 1. The number of halogens is 1. The number of fused-ring (bicyclic) bond motifs is 1. The molecule has 25 heavy (non-hydrogen) atoms. The van der Waals surface area contributed by atoms with E-state index < -0.39 is 0 Å². The highest BCUT2D eigenvalue weighted by molar-refractivity contribution is 6.30. The molecular formula is C19H18ClN3O2. The summed E-state index contributed by atoms with van der Waals surface area (Å²) >= 11 is 5.98. The first-order valence-electron chi connectivity index (χ1n) is 8.28. The van der Waals surface area contributed by atoms with Gasteiger partial charge < -0.3 is 15.3 Å². The third-order valence-corrected chi connectivity index (χ3v) is 5.37. The first-order chi connectivity index (χ1) is 12.0. The van der Waals surface area contributed by atoms with E-state index >= 15 is 0 Å². The molecule has 0 spiro atoms. The molecule has 6 heteroatoms.